The number of esters is 1. The monoisotopic (exact) mass is 264 g/mol. The van der Waals surface area contributed by atoms with Gasteiger partial charge in [-0.15, -0.1) is 0 Å². The second-order valence-electron chi connectivity index (χ2n) is 4.67. The minimum absolute atomic E-state index is 0.0687. The van der Waals surface area contributed by atoms with Crippen molar-refractivity contribution < 1.29 is 14.3 Å². The number of carbonyl (C=O) groups excluding carboxylic acids is 2. The van der Waals surface area contributed by atoms with Crippen molar-refractivity contribution in [3.8, 4) is 0 Å². The highest BCUT2D eigenvalue weighted by atomic mass is 16.5. The molecule has 0 aromatic heterocycles. The number of hydrogen-bond acceptors (Lipinski definition) is 4. The molecule has 0 heterocycles. The first-order valence-electron chi connectivity index (χ1n) is 6.10. The van der Waals surface area contributed by atoms with Crippen LogP contribution >= 0.6 is 0 Å². The molecule has 104 valence electrons. The number of amides is 1. The molecular weight excluding hydrogens is 244 g/mol. The number of rotatable bonds is 4. The van der Waals surface area contributed by atoms with E-state index in [1.807, 2.05) is 20.8 Å². The van der Waals surface area contributed by atoms with Gasteiger partial charge in [0.05, 0.1) is 7.11 Å². The van der Waals surface area contributed by atoms with Crippen LogP contribution in [0, 0.1) is 6.92 Å². The molecule has 1 rings (SSSR count). The molecule has 1 aromatic carbocycles. The van der Waals surface area contributed by atoms with Gasteiger partial charge in [0.2, 0.25) is 0 Å². The van der Waals surface area contributed by atoms with Crippen LogP contribution in [0.4, 0.5) is 5.69 Å². The van der Waals surface area contributed by atoms with E-state index >= 15 is 0 Å². The highest BCUT2D eigenvalue weighted by Crippen LogP contribution is 2.16. The maximum atomic E-state index is 12.4. The van der Waals surface area contributed by atoms with Crippen molar-refractivity contribution in [3.05, 3.63) is 29.3 Å². The largest absolute Gasteiger partial charge is 0.468 e. The Labute approximate surface area is 113 Å². The quantitative estimate of drug-likeness (QED) is 0.662. The van der Waals surface area contributed by atoms with Crippen molar-refractivity contribution in [1.82, 2.24) is 4.90 Å². The molecule has 0 aliphatic heterocycles. The molecule has 19 heavy (non-hydrogen) atoms. The number of nitrogen functional groups attached to an aromatic ring is 1. The number of aryl methyl sites for hydroxylation is 1. The number of anilines is 1. The molecule has 0 saturated carbocycles. The summed E-state index contributed by atoms with van der Waals surface area (Å²) in [5, 5.41) is 0. The van der Waals surface area contributed by atoms with Crippen molar-refractivity contribution in [3.63, 3.8) is 0 Å². The van der Waals surface area contributed by atoms with E-state index in [-0.39, 0.29) is 18.5 Å². The predicted octanol–water partition coefficient (Wildman–Crippen LogP) is 1.60. The summed E-state index contributed by atoms with van der Waals surface area (Å²) in [7, 11) is 1.30. The Morgan fingerprint density at radius 3 is 2.47 bits per heavy atom. The zero-order valence-corrected chi connectivity index (χ0v) is 11.8. The van der Waals surface area contributed by atoms with Crippen LogP contribution in [0.5, 0.6) is 0 Å². The number of ether oxygens (including phenoxy) is 1. The third-order valence-electron chi connectivity index (χ3n) is 2.94. The van der Waals surface area contributed by atoms with Gasteiger partial charge in [0.15, 0.2) is 0 Å². The Kier molecular flexibility index (Phi) is 4.92. The van der Waals surface area contributed by atoms with Crippen LogP contribution in [0.2, 0.25) is 0 Å². The molecule has 0 atom stereocenters. The van der Waals surface area contributed by atoms with Crippen LogP contribution < -0.4 is 5.73 Å². The van der Waals surface area contributed by atoms with Gasteiger partial charge in [0.1, 0.15) is 6.54 Å². The Morgan fingerprint density at radius 2 is 2.00 bits per heavy atom. The number of hydrogen-bond donors (Lipinski definition) is 1. The van der Waals surface area contributed by atoms with E-state index in [1.165, 1.54) is 12.0 Å². The van der Waals surface area contributed by atoms with Crippen LogP contribution in [0.15, 0.2) is 18.2 Å². The summed E-state index contributed by atoms with van der Waals surface area (Å²) in [6.45, 7) is 5.50. The van der Waals surface area contributed by atoms with Crippen LogP contribution in [-0.4, -0.2) is 36.5 Å². The van der Waals surface area contributed by atoms with Crippen molar-refractivity contribution in [2.75, 3.05) is 19.4 Å². The smallest absolute Gasteiger partial charge is 0.325 e. The molecule has 1 aromatic rings. The molecule has 0 bridgehead atoms. The number of nitrogens with two attached hydrogens (primary N) is 1. The van der Waals surface area contributed by atoms with E-state index in [0.29, 0.717) is 11.3 Å². The van der Waals surface area contributed by atoms with E-state index in [0.717, 1.165) is 5.56 Å². The molecular formula is C14H20N2O3. The van der Waals surface area contributed by atoms with Gasteiger partial charge in [-0.3, -0.25) is 9.59 Å². The van der Waals surface area contributed by atoms with Crippen LogP contribution in [0.25, 0.3) is 0 Å². The first-order valence-corrected chi connectivity index (χ1v) is 6.10. The van der Waals surface area contributed by atoms with Crippen LogP contribution in [0.3, 0.4) is 0 Å². The number of benzene rings is 1. The first-order chi connectivity index (χ1) is 8.86. The molecule has 0 fully saturated rings. The van der Waals surface area contributed by atoms with Gasteiger partial charge in [-0.2, -0.15) is 0 Å². The third kappa shape index (κ3) is 3.71. The average Bonchev–Trinajstić information content (AvgIpc) is 2.37. The van der Waals surface area contributed by atoms with Gasteiger partial charge in [0, 0.05) is 17.3 Å². The van der Waals surface area contributed by atoms with Gasteiger partial charge in [0.25, 0.3) is 5.91 Å². The first kappa shape index (κ1) is 15.0. The lowest BCUT2D eigenvalue weighted by atomic mass is 10.1. The SMILES string of the molecule is COC(=O)CN(C(=O)c1ccc(C)c(N)c1)C(C)C. The highest BCUT2D eigenvalue weighted by Gasteiger charge is 2.22. The van der Waals surface area contributed by atoms with E-state index in [1.54, 1.807) is 18.2 Å². The van der Waals surface area contributed by atoms with Gasteiger partial charge in [-0.1, -0.05) is 6.07 Å². The van der Waals surface area contributed by atoms with Crippen LogP contribution in [-0.2, 0) is 9.53 Å². The Morgan fingerprint density at radius 1 is 1.37 bits per heavy atom. The second-order valence-corrected chi connectivity index (χ2v) is 4.67. The topological polar surface area (TPSA) is 72.6 Å². The van der Waals surface area contributed by atoms with Gasteiger partial charge in [-0.05, 0) is 38.5 Å². The zero-order chi connectivity index (χ0) is 14.6. The number of methoxy groups -OCH3 is 1. The lowest BCUT2D eigenvalue weighted by Gasteiger charge is -2.25. The molecule has 0 aliphatic rings. The standard InChI is InChI=1S/C14H20N2O3/c1-9(2)16(8-13(17)19-4)14(18)11-6-5-10(3)12(15)7-11/h5-7,9H,8,15H2,1-4H3. The number of carbonyl (C=O) groups is 2. The summed E-state index contributed by atoms with van der Waals surface area (Å²) in [5.74, 6) is -0.672. The summed E-state index contributed by atoms with van der Waals surface area (Å²) in [6.07, 6.45) is 0. The number of nitrogens with zero attached hydrogens (tertiary/aromatic N) is 1. The molecule has 5 nitrogen and oxygen atoms in total. The lowest BCUT2D eigenvalue weighted by Crippen LogP contribution is -2.41. The zero-order valence-electron chi connectivity index (χ0n) is 11.8. The highest BCUT2D eigenvalue weighted by molar-refractivity contribution is 5.97. The molecule has 0 unspecified atom stereocenters. The van der Waals surface area contributed by atoms with Crippen molar-refractivity contribution >= 4 is 17.6 Å². The fourth-order valence-electron chi connectivity index (χ4n) is 1.63. The molecule has 0 radical (unpaired) electrons. The molecule has 2 N–H and O–H groups in total. The molecule has 0 spiro atoms. The minimum atomic E-state index is -0.442. The molecule has 0 saturated heterocycles. The Bertz CT molecular complexity index is 484. The second kappa shape index (κ2) is 6.22. The van der Waals surface area contributed by atoms with Crippen molar-refractivity contribution in [1.29, 1.82) is 0 Å². The normalized spacial score (nSPS) is 10.4. The van der Waals surface area contributed by atoms with Crippen molar-refractivity contribution in [2.45, 2.75) is 26.8 Å². The lowest BCUT2D eigenvalue weighted by molar-refractivity contribution is -0.141. The third-order valence-corrected chi connectivity index (χ3v) is 2.94. The van der Waals surface area contributed by atoms with E-state index in [4.69, 9.17) is 5.73 Å². The summed E-state index contributed by atoms with van der Waals surface area (Å²) in [5.41, 5.74) is 7.75. The Hall–Kier alpha value is -2.04. The van der Waals surface area contributed by atoms with Gasteiger partial charge in [-0.25, -0.2) is 0 Å². The average molecular weight is 264 g/mol. The van der Waals surface area contributed by atoms with E-state index in [9.17, 15) is 9.59 Å². The minimum Gasteiger partial charge on any atom is -0.468 e. The predicted molar refractivity (Wildman–Crippen MR) is 73.8 cm³/mol. The van der Waals surface area contributed by atoms with Crippen molar-refractivity contribution in [2.24, 2.45) is 0 Å². The summed E-state index contributed by atoms with van der Waals surface area (Å²) in [4.78, 5) is 25.2. The maximum Gasteiger partial charge on any atom is 0.325 e. The van der Waals surface area contributed by atoms with E-state index in [2.05, 4.69) is 4.74 Å². The van der Waals surface area contributed by atoms with Gasteiger partial charge < -0.3 is 15.4 Å². The molecule has 0 aliphatic carbocycles. The molecule has 5 heteroatoms. The summed E-state index contributed by atoms with van der Waals surface area (Å²) < 4.78 is 4.60. The molecule has 1 amide bonds. The fourth-order valence-corrected chi connectivity index (χ4v) is 1.63. The Balaban J connectivity index is 2.99. The summed E-state index contributed by atoms with van der Waals surface area (Å²) in [6, 6.07) is 5.03. The van der Waals surface area contributed by atoms with Crippen LogP contribution in [0.1, 0.15) is 29.8 Å². The summed E-state index contributed by atoms with van der Waals surface area (Å²) >= 11 is 0. The fraction of sp³-hybridized carbons (Fsp3) is 0.429. The maximum absolute atomic E-state index is 12.4. The van der Waals surface area contributed by atoms with E-state index < -0.39 is 5.97 Å². The van der Waals surface area contributed by atoms with Gasteiger partial charge >= 0.3 is 5.97 Å².